The van der Waals surface area contributed by atoms with Crippen molar-refractivity contribution in [3.05, 3.63) is 51.2 Å². The number of benzene rings is 1. The lowest BCUT2D eigenvalue weighted by atomic mass is 10.2. The number of aliphatic imine (C=N–C) groups is 1. The SMILES string of the molecule is CN=C(NCc1cccc(F)c1)NCc1nc(C)c(C)s1. The Bertz CT molecular complexity index is 617. The highest BCUT2D eigenvalue weighted by atomic mass is 32.1. The molecule has 0 bridgehead atoms. The summed E-state index contributed by atoms with van der Waals surface area (Å²) in [5.41, 5.74) is 1.94. The third-order valence-corrected chi connectivity index (χ3v) is 4.13. The summed E-state index contributed by atoms with van der Waals surface area (Å²) in [4.78, 5) is 9.85. The number of thiazole rings is 1. The second-order valence-electron chi connectivity index (χ2n) is 4.66. The molecule has 0 aliphatic carbocycles. The zero-order valence-electron chi connectivity index (χ0n) is 12.4. The molecule has 2 aromatic rings. The fourth-order valence-corrected chi connectivity index (χ4v) is 2.70. The first-order valence-corrected chi connectivity index (χ1v) is 7.52. The predicted octanol–water partition coefficient (Wildman–Crippen LogP) is 2.76. The van der Waals surface area contributed by atoms with Crippen molar-refractivity contribution in [2.24, 2.45) is 4.99 Å². The van der Waals surface area contributed by atoms with Crippen LogP contribution in [0.25, 0.3) is 0 Å². The highest BCUT2D eigenvalue weighted by Gasteiger charge is 2.05. The van der Waals surface area contributed by atoms with E-state index in [1.807, 2.05) is 13.0 Å². The highest BCUT2D eigenvalue weighted by Crippen LogP contribution is 2.15. The Hall–Kier alpha value is -1.95. The molecule has 0 radical (unpaired) electrons. The van der Waals surface area contributed by atoms with Crippen LogP contribution in [0.2, 0.25) is 0 Å². The summed E-state index contributed by atoms with van der Waals surface area (Å²) in [6, 6.07) is 6.51. The Balaban J connectivity index is 1.86. The Morgan fingerprint density at radius 3 is 2.67 bits per heavy atom. The molecule has 2 rings (SSSR count). The van der Waals surface area contributed by atoms with E-state index >= 15 is 0 Å². The van der Waals surface area contributed by atoms with E-state index in [0.717, 1.165) is 16.3 Å². The predicted molar refractivity (Wildman–Crippen MR) is 85.0 cm³/mol. The molecule has 0 amide bonds. The van der Waals surface area contributed by atoms with E-state index in [2.05, 4.69) is 27.5 Å². The number of aryl methyl sites for hydroxylation is 2. The van der Waals surface area contributed by atoms with Crippen LogP contribution >= 0.6 is 11.3 Å². The lowest BCUT2D eigenvalue weighted by Gasteiger charge is -2.11. The van der Waals surface area contributed by atoms with Crippen molar-refractivity contribution < 1.29 is 4.39 Å². The molecule has 6 heteroatoms. The summed E-state index contributed by atoms with van der Waals surface area (Å²) >= 11 is 1.68. The molecule has 1 heterocycles. The molecule has 4 nitrogen and oxygen atoms in total. The summed E-state index contributed by atoms with van der Waals surface area (Å²) < 4.78 is 13.1. The van der Waals surface area contributed by atoms with Crippen LogP contribution in [-0.4, -0.2) is 18.0 Å². The minimum Gasteiger partial charge on any atom is -0.352 e. The third kappa shape index (κ3) is 4.53. The van der Waals surface area contributed by atoms with Gasteiger partial charge in [-0.2, -0.15) is 0 Å². The molecule has 0 aliphatic heterocycles. The van der Waals surface area contributed by atoms with E-state index in [-0.39, 0.29) is 5.82 Å². The average molecular weight is 306 g/mol. The van der Waals surface area contributed by atoms with E-state index in [1.54, 1.807) is 24.5 Å². The number of hydrogen-bond acceptors (Lipinski definition) is 3. The van der Waals surface area contributed by atoms with Gasteiger partial charge in [0.15, 0.2) is 5.96 Å². The van der Waals surface area contributed by atoms with Crippen molar-refractivity contribution in [3.8, 4) is 0 Å². The van der Waals surface area contributed by atoms with Crippen molar-refractivity contribution >= 4 is 17.3 Å². The number of guanidine groups is 1. The van der Waals surface area contributed by atoms with Crippen LogP contribution in [0.5, 0.6) is 0 Å². The largest absolute Gasteiger partial charge is 0.352 e. The van der Waals surface area contributed by atoms with Crippen LogP contribution in [0.1, 0.15) is 21.1 Å². The summed E-state index contributed by atoms with van der Waals surface area (Å²) in [6.45, 7) is 5.22. The van der Waals surface area contributed by atoms with Gasteiger partial charge in [-0.25, -0.2) is 9.37 Å². The number of rotatable bonds is 4. The number of halogens is 1. The van der Waals surface area contributed by atoms with Crippen molar-refractivity contribution in [3.63, 3.8) is 0 Å². The van der Waals surface area contributed by atoms with Gasteiger partial charge in [-0.3, -0.25) is 4.99 Å². The van der Waals surface area contributed by atoms with Crippen LogP contribution in [0.3, 0.4) is 0 Å². The molecule has 0 saturated carbocycles. The van der Waals surface area contributed by atoms with Gasteiger partial charge in [0.1, 0.15) is 10.8 Å². The fraction of sp³-hybridized carbons (Fsp3) is 0.333. The van der Waals surface area contributed by atoms with Gasteiger partial charge >= 0.3 is 0 Å². The van der Waals surface area contributed by atoms with Gasteiger partial charge in [-0.15, -0.1) is 11.3 Å². The maximum absolute atomic E-state index is 13.1. The van der Waals surface area contributed by atoms with Crippen LogP contribution in [0, 0.1) is 19.7 Å². The summed E-state index contributed by atoms with van der Waals surface area (Å²) in [7, 11) is 1.71. The topological polar surface area (TPSA) is 49.3 Å². The molecule has 0 saturated heterocycles. The first kappa shape index (κ1) is 15.4. The normalized spacial score (nSPS) is 11.5. The van der Waals surface area contributed by atoms with Gasteiger partial charge in [0.25, 0.3) is 0 Å². The second kappa shape index (κ2) is 7.17. The van der Waals surface area contributed by atoms with Gasteiger partial charge in [-0.1, -0.05) is 12.1 Å². The molecule has 21 heavy (non-hydrogen) atoms. The molecule has 0 atom stereocenters. The van der Waals surface area contributed by atoms with Gasteiger partial charge in [0.05, 0.1) is 12.2 Å². The van der Waals surface area contributed by atoms with Gasteiger partial charge in [0.2, 0.25) is 0 Å². The summed E-state index contributed by atoms with van der Waals surface area (Å²) in [6.07, 6.45) is 0. The Morgan fingerprint density at radius 2 is 2.05 bits per heavy atom. The van der Waals surface area contributed by atoms with Gasteiger partial charge in [-0.05, 0) is 31.5 Å². The third-order valence-electron chi connectivity index (χ3n) is 3.05. The van der Waals surface area contributed by atoms with E-state index < -0.39 is 0 Å². The van der Waals surface area contributed by atoms with Crippen molar-refractivity contribution in [1.82, 2.24) is 15.6 Å². The molecule has 0 aliphatic rings. The van der Waals surface area contributed by atoms with Crippen LogP contribution in [-0.2, 0) is 13.1 Å². The maximum atomic E-state index is 13.1. The molecule has 0 unspecified atom stereocenters. The number of nitrogens with one attached hydrogen (secondary N) is 2. The van der Waals surface area contributed by atoms with Gasteiger partial charge < -0.3 is 10.6 Å². The van der Waals surface area contributed by atoms with E-state index in [9.17, 15) is 4.39 Å². The van der Waals surface area contributed by atoms with Crippen LogP contribution < -0.4 is 10.6 Å². The molecule has 0 spiro atoms. The Morgan fingerprint density at radius 1 is 1.29 bits per heavy atom. The minimum atomic E-state index is -0.231. The molecule has 2 N–H and O–H groups in total. The number of aromatic nitrogens is 1. The zero-order valence-corrected chi connectivity index (χ0v) is 13.2. The molecule has 1 aromatic carbocycles. The smallest absolute Gasteiger partial charge is 0.191 e. The summed E-state index contributed by atoms with van der Waals surface area (Å²) in [5, 5.41) is 7.38. The monoisotopic (exact) mass is 306 g/mol. The lowest BCUT2D eigenvalue weighted by Crippen LogP contribution is -2.36. The maximum Gasteiger partial charge on any atom is 0.191 e. The molecule has 1 aromatic heterocycles. The number of hydrogen-bond donors (Lipinski definition) is 2. The lowest BCUT2D eigenvalue weighted by molar-refractivity contribution is 0.624. The molecular weight excluding hydrogens is 287 g/mol. The van der Waals surface area contributed by atoms with Crippen molar-refractivity contribution in [1.29, 1.82) is 0 Å². The minimum absolute atomic E-state index is 0.231. The first-order valence-electron chi connectivity index (χ1n) is 6.70. The molecular formula is C15H19FN4S. The van der Waals surface area contributed by atoms with Gasteiger partial charge in [0, 0.05) is 18.5 Å². The van der Waals surface area contributed by atoms with Crippen LogP contribution in [0.15, 0.2) is 29.3 Å². The average Bonchev–Trinajstić information content (AvgIpc) is 2.78. The van der Waals surface area contributed by atoms with E-state index in [4.69, 9.17) is 0 Å². The number of nitrogens with zero attached hydrogens (tertiary/aromatic N) is 2. The van der Waals surface area contributed by atoms with Crippen LogP contribution in [0.4, 0.5) is 4.39 Å². The van der Waals surface area contributed by atoms with E-state index in [0.29, 0.717) is 19.0 Å². The molecule has 0 fully saturated rings. The Labute approximate surface area is 128 Å². The van der Waals surface area contributed by atoms with Crippen molar-refractivity contribution in [2.75, 3.05) is 7.05 Å². The standard InChI is InChI=1S/C15H19FN4S/c1-10-11(2)21-14(20-10)9-19-15(17-3)18-8-12-5-4-6-13(16)7-12/h4-7H,8-9H2,1-3H3,(H2,17,18,19). The first-order chi connectivity index (χ1) is 10.1. The second-order valence-corrected chi connectivity index (χ2v) is 5.95. The van der Waals surface area contributed by atoms with Crippen molar-refractivity contribution in [2.45, 2.75) is 26.9 Å². The highest BCUT2D eigenvalue weighted by molar-refractivity contribution is 7.11. The molecule has 112 valence electrons. The zero-order chi connectivity index (χ0) is 15.2. The summed E-state index contributed by atoms with van der Waals surface area (Å²) in [5.74, 6) is 0.441. The Kier molecular flexibility index (Phi) is 5.27. The quantitative estimate of drug-likeness (QED) is 0.674. The van der Waals surface area contributed by atoms with E-state index in [1.165, 1.54) is 17.0 Å². The fourth-order valence-electron chi connectivity index (χ4n) is 1.83.